The first-order valence-corrected chi connectivity index (χ1v) is 7.81. The van der Waals surface area contributed by atoms with Crippen molar-refractivity contribution in [2.75, 3.05) is 19.6 Å². The van der Waals surface area contributed by atoms with Gasteiger partial charge in [0, 0.05) is 30.6 Å². The minimum Gasteiger partial charge on any atom is -0.312 e. The molecule has 6 heteroatoms. The molecule has 0 bridgehead atoms. The summed E-state index contributed by atoms with van der Waals surface area (Å²) in [4.78, 5) is 24.2. The van der Waals surface area contributed by atoms with E-state index in [1.54, 1.807) is 11.3 Å². The lowest BCUT2D eigenvalue weighted by atomic mass is 10.2. The molecule has 0 spiro atoms. The molecular weight excluding hydrogens is 272 g/mol. The van der Waals surface area contributed by atoms with E-state index in [2.05, 4.69) is 27.1 Å². The largest absolute Gasteiger partial charge is 0.312 e. The Balaban J connectivity index is 1.91. The summed E-state index contributed by atoms with van der Waals surface area (Å²) in [7, 11) is 0. The molecule has 0 aromatic carbocycles. The number of piperazine rings is 1. The van der Waals surface area contributed by atoms with Crippen LogP contribution in [0.25, 0.3) is 10.2 Å². The van der Waals surface area contributed by atoms with Gasteiger partial charge >= 0.3 is 0 Å². The van der Waals surface area contributed by atoms with E-state index in [0.29, 0.717) is 12.6 Å². The van der Waals surface area contributed by atoms with E-state index in [0.717, 1.165) is 41.2 Å². The molecule has 1 saturated heterocycles. The van der Waals surface area contributed by atoms with Gasteiger partial charge in [-0.05, 0) is 26.3 Å². The zero-order valence-electron chi connectivity index (χ0n) is 12.1. The summed E-state index contributed by atoms with van der Waals surface area (Å²) in [5, 5.41) is 4.17. The van der Waals surface area contributed by atoms with Gasteiger partial charge in [-0.25, -0.2) is 4.98 Å². The SMILES string of the molecule is Cc1sc2nc(CN3CCNC(C)C3)[nH]c(=O)c2c1C. The molecule has 2 aromatic heterocycles. The lowest BCUT2D eigenvalue weighted by Gasteiger charge is -2.31. The van der Waals surface area contributed by atoms with Crippen LogP contribution < -0.4 is 10.9 Å². The van der Waals surface area contributed by atoms with Crippen LogP contribution in [-0.4, -0.2) is 40.5 Å². The van der Waals surface area contributed by atoms with Crippen molar-refractivity contribution in [1.29, 1.82) is 0 Å². The van der Waals surface area contributed by atoms with Gasteiger partial charge in [-0.1, -0.05) is 0 Å². The van der Waals surface area contributed by atoms with Crippen LogP contribution in [-0.2, 0) is 6.54 Å². The molecule has 0 amide bonds. The molecule has 1 atom stereocenters. The van der Waals surface area contributed by atoms with Crippen molar-refractivity contribution >= 4 is 21.6 Å². The minimum absolute atomic E-state index is 0.00460. The van der Waals surface area contributed by atoms with Crippen LogP contribution in [0.1, 0.15) is 23.2 Å². The van der Waals surface area contributed by atoms with Gasteiger partial charge in [0.25, 0.3) is 5.56 Å². The van der Waals surface area contributed by atoms with Crippen LogP contribution in [0.5, 0.6) is 0 Å². The Hall–Kier alpha value is -1.24. The molecule has 0 radical (unpaired) electrons. The highest BCUT2D eigenvalue weighted by molar-refractivity contribution is 7.18. The molecule has 0 aliphatic carbocycles. The van der Waals surface area contributed by atoms with Gasteiger partial charge in [-0.15, -0.1) is 11.3 Å². The topological polar surface area (TPSA) is 61.0 Å². The fourth-order valence-corrected chi connectivity index (χ4v) is 3.79. The fourth-order valence-electron chi connectivity index (χ4n) is 2.74. The maximum Gasteiger partial charge on any atom is 0.259 e. The van der Waals surface area contributed by atoms with E-state index in [4.69, 9.17) is 0 Å². The first-order chi connectivity index (χ1) is 9.54. The third kappa shape index (κ3) is 2.51. The Morgan fingerprint density at radius 3 is 3.00 bits per heavy atom. The molecular formula is C14H20N4OS. The summed E-state index contributed by atoms with van der Waals surface area (Å²) < 4.78 is 0. The van der Waals surface area contributed by atoms with Gasteiger partial charge in [-0.3, -0.25) is 9.69 Å². The first-order valence-electron chi connectivity index (χ1n) is 6.99. The molecule has 2 N–H and O–H groups in total. The van der Waals surface area contributed by atoms with Crippen molar-refractivity contribution in [1.82, 2.24) is 20.2 Å². The Morgan fingerprint density at radius 2 is 2.25 bits per heavy atom. The number of aromatic amines is 1. The molecule has 5 nitrogen and oxygen atoms in total. The number of rotatable bonds is 2. The highest BCUT2D eigenvalue weighted by Crippen LogP contribution is 2.25. The van der Waals surface area contributed by atoms with Crippen molar-refractivity contribution in [2.24, 2.45) is 0 Å². The summed E-state index contributed by atoms with van der Waals surface area (Å²) >= 11 is 1.61. The summed E-state index contributed by atoms with van der Waals surface area (Å²) in [6.45, 7) is 9.90. The molecule has 3 heterocycles. The first kappa shape index (κ1) is 13.7. The van der Waals surface area contributed by atoms with Gasteiger partial charge in [0.1, 0.15) is 10.7 Å². The predicted octanol–water partition coefficient (Wildman–Crippen LogP) is 1.40. The summed E-state index contributed by atoms with van der Waals surface area (Å²) in [6, 6.07) is 0.491. The number of hydrogen-bond acceptors (Lipinski definition) is 5. The average molecular weight is 292 g/mol. The normalized spacial score (nSPS) is 20.6. The van der Waals surface area contributed by atoms with Crippen LogP contribution in [0.4, 0.5) is 0 Å². The van der Waals surface area contributed by atoms with Crippen LogP contribution in [0, 0.1) is 13.8 Å². The van der Waals surface area contributed by atoms with E-state index >= 15 is 0 Å². The van der Waals surface area contributed by atoms with Crippen molar-refractivity contribution < 1.29 is 0 Å². The van der Waals surface area contributed by atoms with Gasteiger partial charge in [0.2, 0.25) is 0 Å². The van der Waals surface area contributed by atoms with Gasteiger partial charge in [0.15, 0.2) is 0 Å². The molecule has 3 rings (SSSR count). The maximum atomic E-state index is 12.2. The molecule has 1 unspecified atom stereocenters. The van der Waals surface area contributed by atoms with Crippen LogP contribution in [0.15, 0.2) is 4.79 Å². The van der Waals surface area contributed by atoms with Crippen molar-refractivity contribution in [3.05, 3.63) is 26.6 Å². The quantitative estimate of drug-likeness (QED) is 0.878. The number of hydrogen-bond donors (Lipinski definition) is 2. The number of aryl methyl sites for hydroxylation is 2. The number of nitrogens with zero attached hydrogens (tertiary/aromatic N) is 2. The van der Waals surface area contributed by atoms with E-state index in [1.807, 2.05) is 13.8 Å². The number of thiophene rings is 1. The lowest BCUT2D eigenvalue weighted by Crippen LogP contribution is -2.48. The Labute approximate surface area is 122 Å². The molecule has 20 heavy (non-hydrogen) atoms. The highest BCUT2D eigenvalue weighted by Gasteiger charge is 2.18. The number of H-pyrrole nitrogens is 1. The molecule has 1 aliphatic rings. The average Bonchev–Trinajstić information content (AvgIpc) is 2.65. The molecule has 1 aliphatic heterocycles. The van der Waals surface area contributed by atoms with Crippen molar-refractivity contribution in [3.8, 4) is 0 Å². The summed E-state index contributed by atoms with van der Waals surface area (Å²) in [5.41, 5.74) is 1.05. The highest BCUT2D eigenvalue weighted by atomic mass is 32.1. The van der Waals surface area contributed by atoms with E-state index in [1.165, 1.54) is 4.88 Å². The Bertz CT molecular complexity index is 690. The third-order valence-corrected chi connectivity index (χ3v) is 5.02. The maximum absolute atomic E-state index is 12.2. The minimum atomic E-state index is -0.00460. The second-order valence-corrected chi connectivity index (χ2v) is 6.77. The van der Waals surface area contributed by atoms with E-state index in [-0.39, 0.29) is 5.56 Å². The number of nitrogens with one attached hydrogen (secondary N) is 2. The van der Waals surface area contributed by atoms with Crippen LogP contribution in [0.2, 0.25) is 0 Å². The van der Waals surface area contributed by atoms with Gasteiger partial charge < -0.3 is 10.3 Å². The predicted molar refractivity (Wildman–Crippen MR) is 82.5 cm³/mol. The second-order valence-electron chi connectivity index (χ2n) is 5.57. The fraction of sp³-hybridized carbons (Fsp3) is 0.571. The van der Waals surface area contributed by atoms with Gasteiger partial charge in [0.05, 0.1) is 11.9 Å². The van der Waals surface area contributed by atoms with Gasteiger partial charge in [-0.2, -0.15) is 0 Å². The molecule has 2 aromatic rings. The molecule has 1 fully saturated rings. The van der Waals surface area contributed by atoms with Crippen LogP contribution >= 0.6 is 11.3 Å². The second kappa shape index (κ2) is 5.27. The Kier molecular flexibility index (Phi) is 3.62. The van der Waals surface area contributed by atoms with Crippen LogP contribution in [0.3, 0.4) is 0 Å². The molecule has 108 valence electrons. The molecule has 0 saturated carbocycles. The van der Waals surface area contributed by atoms with Crippen molar-refractivity contribution in [3.63, 3.8) is 0 Å². The lowest BCUT2D eigenvalue weighted by molar-refractivity contribution is 0.195. The van der Waals surface area contributed by atoms with Crippen molar-refractivity contribution in [2.45, 2.75) is 33.4 Å². The summed E-state index contributed by atoms with van der Waals surface area (Å²) in [5.74, 6) is 0.776. The standard InChI is InChI=1S/C14H20N4OS/c1-8-6-18(5-4-15-8)7-11-16-13(19)12-9(2)10(3)20-14(12)17-11/h8,15H,4-7H2,1-3H3,(H,16,17,19). The zero-order chi connectivity index (χ0) is 14.3. The Morgan fingerprint density at radius 1 is 1.45 bits per heavy atom. The zero-order valence-corrected chi connectivity index (χ0v) is 12.9. The summed E-state index contributed by atoms with van der Waals surface area (Å²) in [6.07, 6.45) is 0. The number of fused-ring (bicyclic) bond motifs is 1. The van der Waals surface area contributed by atoms with E-state index in [9.17, 15) is 4.79 Å². The number of aromatic nitrogens is 2. The smallest absolute Gasteiger partial charge is 0.259 e. The monoisotopic (exact) mass is 292 g/mol. The third-order valence-electron chi connectivity index (χ3n) is 3.91. The van der Waals surface area contributed by atoms with E-state index < -0.39 is 0 Å².